The van der Waals surface area contributed by atoms with E-state index >= 15 is 0 Å². The first kappa shape index (κ1) is 11.5. The van der Waals surface area contributed by atoms with Crippen LogP contribution >= 0.6 is 0 Å². The summed E-state index contributed by atoms with van der Waals surface area (Å²) in [6.45, 7) is 4.17. The Morgan fingerprint density at radius 3 is 2.81 bits per heavy atom. The standard InChI is InChI=1S/C11H20N4O/c1-8(12)7-10-13-11(14-16-10)9-3-5-15(2)6-4-9/h8-9H,3-7,12H2,1-2H3. The highest BCUT2D eigenvalue weighted by atomic mass is 16.5. The minimum Gasteiger partial charge on any atom is -0.339 e. The number of aromatic nitrogens is 2. The summed E-state index contributed by atoms with van der Waals surface area (Å²) in [6.07, 6.45) is 2.90. The third-order valence-electron chi connectivity index (χ3n) is 3.06. The molecule has 90 valence electrons. The van der Waals surface area contributed by atoms with Crippen LogP contribution in [0.1, 0.15) is 37.4 Å². The van der Waals surface area contributed by atoms with Crippen molar-refractivity contribution in [2.45, 2.75) is 38.1 Å². The third-order valence-corrected chi connectivity index (χ3v) is 3.06. The van der Waals surface area contributed by atoms with Crippen LogP contribution in [0.25, 0.3) is 0 Å². The fourth-order valence-electron chi connectivity index (χ4n) is 2.06. The number of nitrogens with zero attached hydrogens (tertiary/aromatic N) is 3. The lowest BCUT2D eigenvalue weighted by Crippen LogP contribution is -2.29. The molecule has 0 aromatic carbocycles. The van der Waals surface area contributed by atoms with Gasteiger partial charge in [0.05, 0.1) is 0 Å². The Labute approximate surface area is 96.0 Å². The van der Waals surface area contributed by atoms with Crippen molar-refractivity contribution in [2.24, 2.45) is 5.73 Å². The zero-order valence-electron chi connectivity index (χ0n) is 10.0. The molecule has 1 fully saturated rings. The molecule has 16 heavy (non-hydrogen) atoms. The maximum Gasteiger partial charge on any atom is 0.228 e. The second kappa shape index (κ2) is 4.93. The molecular formula is C11H20N4O. The van der Waals surface area contributed by atoms with Gasteiger partial charge in [-0.15, -0.1) is 0 Å². The Balaban J connectivity index is 1.96. The van der Waals surface area contributed by atoms with Gasteiger partial charge >= 0.3 is 0 Å². The van der Waals surface area contributed by atoms with Gasteiger partial charge in [0.15, 0.2) is 5.82 Å². The molecule has 1 saturated heterocycles. The second-order valence-electron chi connectivity index (χ2n) is 4.81. The minimum atomic E-state index is 0.0748. The van der Waals surface area contributed by atoms with Crippen LogP contribution in [-0.4, -0.2) is 41.2 Å². The molecule has 0 bridgehead atoms. The van der Waals surface area contributed by atoms with Crippen LogP contribution in [0.5, 0.6) is 0 Å². The van der Waals surface area contributed by atoms with E-state index in [1.807, 2.05) is 6.92 Å². The quantitative estimate of drug-likeness (QED) is 0.821. The number of hydrogen-bond donors (Lipinski definition) is 1. The summed E-state index contributed by atoms with van der Waals surface area (Å²) in [5.41, 5.74) is 5.70. The number of nitrogens with two attached hydrogens (primary N) is 1. The highest BCUT2D eigenvalue weighted by molar-refractivity contribution is 4.98. The van der Waals surface area contributed by atoms with Crippen LogP contribution in [0.15, 0.2) is 4.52 Å². The van der Waals surface area contributed by atoms with E-state index in [-0.39, 0.29) is 6.04 Å². The number of rotatable bonds is 3. The Hall–Kier alpha value is -0.940. The van der Waals surface area contributed by atoms with Gasteiger partial charge in [0.25, 0.3) is 0 Å². The van der Waals surface area contributed by atoms with Gasteiger partial charge in [0.1, 0.15) is 0 Å². The predicted octanol–water partition coefficient (Wildman–Crippen LogP) is 0.768. The smallest absolute Gasteiger partial charge is 0.228 e. The highest BCUT2D eigenvalue weighted by Gasteiger charge is 2.23. The van der Waals surface area contributed by atoms with Crippen molar-refractivity contribution in [1.82, 2.24) is 15.0 Å². The summed E-state index contributed by atoms with van der Waals surface area (Å²) in [6, 6.07) is 0.0748. The van der Waals surface area contributed by atoms with E-state index in [4.69, 9.17) is 10.3 Å². The van der Waals surface area contributed by atoms with Gasteiger partial charge in [0, 0.05) is 18.4 Å². The van der Waals surface area contributed by atoms with E-state index < -0.39 is 0 Å². The Morgan fingerprint density at radius 2 is 2.19 bits per heavy atom. The van der Waals surface area contributed by atoms with E-state index in [0.29, 0.717) is 18.2 Å². The highest BCUT2D eigenvalue weighted by Crippen LogP contribution is 2.25. The maximum absolute atomic E-state index is 5.70. The molecule has 0 saturated carbocycles. The van der Waals surface area contributed by atoms with Gasteiger partial charge in [-0.3, -0.25) is 0 Å². The summed E-state index contributed by atoms with van der Waals surface area (Å²) in [5.74, 6) is 1.99. The van der Waals surface area contributed by atoms with Gasteiger partial charge in [0.2, 0.25) is 5.89 Å². The van der Waals surface area contributed by atoms with Gasteiger partial charge in [-0.1, -0.05) is 5.16 Å². The molecular weight excluding hydrogens is 204 g/mol. The minimum absolute atomic E-state index is 0.0748. The summed E-state index contributed by atoms with van der Waals surface area (Å²) in [4.78, 5) is 6.76. The first-order valence-corrected chi connectivity index (χ1v) is 5.91. The molecule has 0 radical (unpaired) electrons. The van der Waals surface area contributed by atoms with Crippen LogP contribution in [0.4, 0.5) is 0 Å². The Morgan fingerprint density at radius 1 is 1.50 bits per heavy atom. The molecule has 1 aliphatic heterocycles. The van der Waals surface area contributed by atoms with E-state index in [1.165, 1.54) is 0 Å². The van der Waals surface area contributed by atoms with E-state index in [2.05, 4.69) is 22.1 Å². The van der Waals surface area contributed by atoms with Gasteiger partial charge in [-0.05, 0) is 39.9 Å². The molecule has 2 N–H and O–H groups in total. The van der Waals surface area contributed by atoms with E-state index in [0.717, 1.165) is 31.8 Å². The van der Waals surface area contributed by atoms with Crippen LogP contribution in [-0.2, 0) is 6.42 Å². The molecule has 1 aromatic rings. The Bertz CT molecular complexity index is 328. The van der Waals surface area contributed by atoms with Crippen molar-refractivity contribution in [3.8, 4) is 0 Å². The van der Waals surface area contributed by atoms with Crippen molar-refractivity contribution < 1.29 is 4.52 Å². The largest absolute Gasteiger partial charge is 0.339 e. The normalized spacial score (nSPS) is 21.2. The number of piperidine rings is 1. The monoisotopic (exact) mass is 224 g/mol. The van der Waals surface area contributed by atoms with Crippen LogP contribution in [0.3, 0.4) is 0 Å². The zero-order valence-corrected chi connectivity index (χ0v) is 10.0. The molecule has 0 aliphatic carbocycles. The first-order valence-electron chi connectivity index (χ1n) is 5.91. The number of likely N-dealkylation sites (tertiary alicyclic amines) is 1. The lowest BCUT2D eigenvalue weighted by Gasteiger charge is -2.26. The third kappa shape index (κ3) is 2.80. The molecule has 1 aromatic heterocycles. The van der Waals surface area contributed by atoms with Gasteiger partial charge in [-0.2, -0.15) is 4.98 Å². The van der Waals surface area contributed by atoms with Crippen LogP contribution in [0.2, 0.25) is 0 Å². The van der Waals surface area contributed by atoms with Crippen LogP contribution in [0, 0.1) is 0 Å². The Kier molecular flexibility index (Phi) is 3.56. The zero-order chi connectivity index (χ0) is 11.5. The van der Waals surface area contributed by atoms with Crippen molar-refractivity contribution in [1.29, 1.82) is 0 Å². The average Bonchev–Trinajstić information content (AvgIpc) is 2.66. The summed E-state index contributed by atoms with van der Waals surface area (Å²) in [5, 5.41) is 4.06. The molecule has 0 spiro atoms. The van der Waals surface area contributed by atoms with Crippen molar-refractivity contribution in [3.63, 3.8) is 0 Å². The summed E-state index contributed by atoms with van der Waals surface area (Å²) < 4.78 is 5.20. The lowest BCUT2D eigenvalue weighted by atomic mass is 9.97. The van der Waals surface area contributed by atoms with Crippen molar-refractivity contribution in [2.75, 3.05) is 20.1 Å². The van der Waals surface area contributed by atoms with E-state index in [9.17, 15) is 0 Å². The number of hydrogen-bond acceptors (Lipinski definition) is 5. The van der Waals surface area contributed by atoms with Crippen molar-refractivity contribution >= 4 is 0 Å². The summed E-state index contributed by atoms with van der Waals surface area (Å²) in [7, 11) is 2.15. The van der Waals surface area contributed by atoms with Gasteiger partial charge < -0.3 is 15.2 Å². The fourth-order valence-corrected chi connectivity index (χ4v) is 2.06. The maximum atomic E-state index is 5.70. The van der Waals surface area contributed by atoms with Crippen molar-refractivity contribution in [3.05, 3.63) is 11.7 Å². The SMILES string of the molecule is CC(N)Cc1nc(C2CCN(C)CC2)no1. The molecule has 5 nitrogen and oxygen atoms in total. The first-order chi connectivity index (χ1) is 7.65. The fraction of sp³-hybridized carbons (Fsp3) is 0.818. The average molecular weight is 224 g/mol. The van der Waals surface area contributed by atoms with Crippen LogP contribution < -0.4 is 5.73 Å². The lowest BCUT2D eigenvalue weighted by molar-refractivity contribution is 0.248. The second-order valence-corrected chi connectivity index (χ2v) is 4.81. The topological polar surface area (TPSA) is 68.2 Å². The molecule has 5 heteroatoms. The van der Waals surface area contributed by atoms with Gasteiger partial charge in [-0.25, -0.2) is 0 Å². The molecule has 1 unspecified atom stereocenters. The molecule has 2 heterocycles. The molecule has 0 amide bonds. The molecule has 1 aliphatic rings. The molecule has 1 atom stereocenters. The molecule has 2 rings (SSSR count). The van der Waals surface area contributed by atoms with E-state index in [1.54, 1.807) is 0 Å². The summed E-state index contributed by atoms with van der Waals surface area (Å²) >= 11 is 0. The predicted molar refractivity (Wildman–Crippen MR) is 61.1 cm³/mol.